The van der Waals surface area contributed by atoms with E-state index in [2.05, 4.69) is 9.50 Å². The smallest absolute Gasteiger partial charge is 0.410 e. The molecule has 1 aliphatic rings. The number of rotatable bonds is 4. The van der Waals surface area contributed by atoms with Crippen LogP contribution in [-0.2, 0) is 25.7 Å². The minimum atomic E-state index is -3.86. The third-order valence-electron chi connectivity index (χ3n) is 3.01. The van der Waals surface area contributed by atoms with E-state index in [9.17, 15) is 26.8 Å². The second-order valence-electron chi connectivity index (χ2n) is 4.98. The number of hydrogen-bond acceptors (Lipinski definition) is 6. The first-order chi connectivity index (χ1) is 11.2. The monoisotopic (exact) mass is 364 g/mol. The van der Waals surface area contributed by atoms with Crippen molar-refractivity contribution in [2.45, 2.75) is 6.61 Å². The number of benzene rings is 1. The summed E-state index contributed by atoms with van der Waals surface area (Å²) in [5.41, 5.74) is -0.431. The van der Waals surface area contributed by atoms with E-state index in [0.717, 1.165) is 17.2 Å². The topological polar surface area (TPSA) is 102 Å². The van der Waals surface area contributed by atoms with Crippen LogP contribution < -0.4 is 10.1 Å². The van der Waals surface area contributed by atoms with Crippen molar-refractivity contribution in [3.8, 4) is 5.75 Å². The molecule has 0 atom stereocenters. The van der Waals surface area contributed by atoms with E-state index in [4.69, 9.17) is 4.74 Å². The van der Waals surface area contributed by atoms with E-state index in [-0.39, 0.29) is 31.3 Å². The molecule has 1 aromatic rings. The normalized spacial score (nSPS) is 15.1. The van der Waals surface area contributed by atoms with Gasteiger partial charge in [0.15, 0.2) is 11.6 Å². The first kappa shape index (κ1) is 18.1. The Balaban J connectivity index is 2.13. The van der Waals surface area contributed by atoms with E-state index in [0.29, 0.717) is 6.07 Å². The molecular weight excluding hydrogens is 350 g/mol. The first-order valence-electron chi connectivity index (χ1n) is 6.71. The third kappa shape index (κ3) is 4.86. The maximum absolute atomic E-state index is 13.6. The zero-order valence-electron chi connectivity index (χ0n) is 12.5. The molecule has 1 aromatic carbocycles. The molecule has 132 valence electrons. The van der Waals surface area contributed by atoms with Crippen LogP contribution in [-0.4, -0.2) is 51.2 Å². The average Bonchev–Trinajstić information content (AvgIpc) is 2.48. The molecule has 2 amide bonds. The fourth-order valence-corrected chi connectivity index (χ4v) is 2.25. The van der Waals surface area contributed by atoms with Crippen LogP contribution in [0.25, 0.3) is 0 Å². The van der Waals surface area contributed by atoms with Crippen molar-refractivity contribution >= 4 is 22.1 Å². The summed E-state index contributed by atoms with van der Waals surface area (Å²) in [7, 11) is -3.86. The predicted molar refractivity (Wildman–Crippen MR) is 76.6 cm³/mol. The summed E-state index contributed by atoms with van der Waals surface area (Å²) in [6.45, 7) is -0.511. The molecule has 0 radical (unpaired) electrons. The second-order valence-corrected chi connectivity index (χ2v) is 6.63. The van der Waals surface area contributed by atoms with Gasteiger partial charge in [-0.05, 0) is 6.07 Å². The van der Waals surface area contributed by atoms with Gasteiger partial charge < -0.3 is 10.1 Å². The largest absolute Gasteiger partial charge is 0.415 e. The fourth-order valence-electron chi connectivity index (χ4n) is 1.91. The van der Waals surface area contributed by atoms with Gasteiger partial charge in [0, 0.05) is 24.7 Å². The Hall–Kier alpha value is -2.27. The molecule has 0 bridgehead atoms. The SMILES string of the molecule is CS(=O)(=O)OCc1cc(OC(=O)N2CCNC(=O)C2)cc(F)c1F. The van der Waals surface area contributed by atoms with Crippen molar-refractivity contribution < 1.29 is 35.7 Å². The summed E-state index contributed by atoms with van der Waals surface area (Å²) in [4.78, 5) is 24.2. The highest BCUT2D eigenvalue weighted by molar-refractivity contribution is 7.85. The molecule has 0 spiro atoms. The Bertz CT molecular complexity index is 768. The van der Waals surface area contributed by atoms with Gasteiger partial charge in [0.1, 0.15) is 12.3 Å². The maximum atomic E-state index is 13.6. The number of piperazine rings is 1. The van der Waals surface area contributed by atoms with Crippen molar-refractivity contribution in [1.29, 1.82) is 0 Å². The van der Waals surface area contributed by atoms with E-state index >= 15 is 0 Å². The van der Waals surface area contributed by atoms with Crippen LogP contribution in [0.4, 0.5) is 13.6 Å². The Morgan fingerprint density at radius 3 is 2.71 bits per heavy atom. The zero-order valence-corrected chi connectivity index (χ0v) is 13.4. The van der Waals surface area contributed by atoms with Crippen LogP contribution in [0, 0.1) is 11.6 Å². The minimum Gasteiger partial charge on any atom is -0.410 e. The molecule has 11 heteroatoms. The number of carbonyl (C=O) groups excluding carboxylic acids is 2. The lowest BCUT2D eigenvalue weighted by atomic mass is 10.2. The highest BCUT2D eigenvalue weighted by Gasteiger charge is 2.23. The third-order valence-corrected chi connectivity index (χ3v) is 3.55. The average molecular weight is 364 g/mol. The number of hydrogen-bond donors (Lipinski definition) is 1. The lowest BCUT2D eigenvalue weighted by Gasteiger charge is -2.25. The lowest BCUT2D eigenvalue weighted by Crippen LogP contribution is -2.50. The van der Waals surface area contributed by atoms with Crippen molar-refractivity contribution in [3.63, 3.8) is 0 Å². The molecular formula is C13H14F2N2O6S. The lowest BCUT2D eigenvalue weighted by molar-refractivity contribution is -0.123. The molecule has 24 heavy (non-hydrogen) atoms. The zero-order chi connectivity index (χ0) is 17.9. The maximum Gasteiger partial charge on any atom is 0.415 e. The second kappa shape index (κ2) is 7.09. The fraction of sp³-hybridized carbons (Fsp3) is 0.385. The van der Waals surface area contributed by atoms with Crippen LogP contribution >= 0.6 is 0 Å². The molecule has 1 aliphatic heterocycles. The summed E-state index contributed by atoms with van der Waals surface area (Å²) >= 11 is 0. The van der Waals surface area contributed by atoms with E-state index in [1.807, 2.05) is 0 Å². The Morgan fingerprint density at radius 2 is 2.08 bits per heavy atom. The molecule has 2 rings (SSSR count). The first-order valence-corrected chi connectivity index (χ1v) is 8.53. The summed E-state index contributed by atoms with van der Waals surface area (Å²) in [5.74, 6) is -3.35. The molecule has 1 heterocycles. The van der Waals surface area contributed by atoms with Gasteiger partial charge in [-0.2, -0.15) is 8.42 Å². The molecule has 0 aromatic heterocycles. The number of halogens is 2. The van der Waals surface area contributed by atoms with E-state index in [1.54, 1.807) is 0 Å². The summed E-state index contributed by atoms with van der Waals surface area (Å²) in [6, 6.07) is 1.59. The number of nitrogens with zero attached hydrogens (tertiary/aromatic N) is 1. The molecule has 8 nitrogen and oxygen atoms in total. The quantitative estimate of drug-likeness (QED) is 0.775. The van der Waals surface area contributed by atoms with Gasteiger partial charge in [-0.3, -0.25) is 13.9 Å². The molecule has 0 aliphatic carbocycles. The van der Waals surface area contributed by atoms with Crippen LogP contribution in [0.15, 0.2) is 12.1 Å². The van der Waals surface area contributed by atoms with Gasteiger partial charge in [0.25, 0.3) is 10.1 Å². The van der Waals surface area contributed by atoms with Gasteiger partial charge in [-0.15, -0.1) is 0 Å². The number of ether oxygens (including phenoxy) is 1. The Labute approximate surface area is 136 Å². The Kier molecular flexibility index (Phi) is 5.34. The van der Waals surface area contributed by atoms with Gasteiger partial charge in [-0.25, -0.2) is 13.6 Å². The van der Waals surface area contributed by atoms with Crippen molar-refractivity contribution in [3.05, 3.63) is 29.3 Å². The summed E-state index contributed by atoms with van der Waals surface area (Å²) in [6.07, 6.45) is -0.155. The van der Waals surface area contributed by atoms with Gasteiger partial charge in [0.05, 0.1) is 12.9 Å². The van der Waals surface area contributed by atoms with E-state index in [1.165, 1.54) is 0 Å². The van der Waals surface area contributed by atoms with E-state index < -0.39 is 40.0 Å². The van der Waals surface area contributed by atoms with Gasteiger partial charge >= 0.3 is 6.09 Å². The van der Waals surface area contributed by atoms with Crippen LogP contribution in [0.2, 0.25) is 0 Å². The van der Waals surface area contributed by atoms with Gasteiger partial charge in [-0.1, -0.05) is 0 Å². The standard InChI is InChI=1S/C13H14F2N2O6S/c1-24(20,21)22-7-8-4-9(5-10(14)12(8)15)23-13(19)17-3-2-16-11(18)6-17/h4-5H,2-3,6-7H2,1H3,(H,16,18). The Morgan fingerprint density at radius 1 is 1.38 bits per heavy atom. The molecule has 1 saturated heterocycles. The molecule has 1 N–H and O–H groups in total. The van der Waals surface area contributed by atoms with Crippen LogP contribution in [0.3, 0.4) is 0 Å². The summed E-state index contributed by atoms with van der Waals surface area (Å²) in [5, 5.41) is 2.52. The predicted octanol–water partition coefficient (Wildman–Crippen LogP) is 0.372. The van der Waals surface area contributed by atoms with Crippen LogP contribution in [0.5, 0.6) is 5.75 Å². The highest BCUT2D eigenvalue weighted by Crippen LogP contribution is 2.22. The number of carbonyl (C=O) groups is 2. The molecule has 1 fully saturated rings. The van der Waals surface area contributed by atoms with Crippen molar-refractivity contribution in [2.75, 3.05) is 25.9 Å². The summed E-state index contributed by atoms with van der Waals surface area (Å²) < 4.78 is 58.4. The minimum absolute atomic E-state index is 0.207. The molecule has 0 unspecified atom stereocenters. The van der Waals surface area contributed by atoms with Gasteiger partial charge in [0.2, 0.25) is 5.91 Å². The van der Waals surface area contributed by atoms with Crippen molar-refractivity contribution in [1.82, 2.24) is 10.2 Å². The highest BCUT2D eigenvalue weighted by atomic mass is 32.2. The number of nitrogens with one attached hydrogen (secondary N) is 1. The number of amides is 2. The van der Waals surface area contributed by atoms with Crippen LogP contribution in [0.1, 0.15) is 5.56 Å². The van der Waals surface area contributed by atoms with Crippen molar-refractivity contribution in [2.24, 2.45) is 0 Å². The molecule has 0 saturated carbocycles.